The van der Waals surface area contributed by atoms with Crippen LogP contribution in [0.15, 0.2) is 24.3 Å². The fourth-order valence-electron chi connectivity index (χ4n) is 2.24. The third-order valence-corrected chi connectivity index (χ3v) is 3.46. The summed E-state index contributed by atoms with van der Waals surface area (Å²) >= 11 is 0. The maximum atomic E-state index is 12.1. The summed E-state index contributed by atoms with van der Waals surface area (Å²) in [5.41, 5.74) is 1.16. The molecular weight excluding hydrogens is 292 g/mol. The number of carbonyl (C=O) groups excluding carboxylic acids is 2. The molecule has 0 aliphatic heterocycles. The van der Waals surface area contributed by atoms with E-state index in [1.54, 1.807) is 14.1 Å². The highest BCUT2D eigenvalue weighted by Crippen LogP contribution is 2.13. The molecule has 23 heavy (non-hydrogen) atoms. The molecule has 2 amide bonds. The average Bonchev–Trinajstić information content (AvgIpc) is 2.51. The smallest absolute Gasteiger partial charge is 0.258 e. The van der Waals surface area contributed by atoms with Crippen molar-refractivity contribution in [2.75, 3.05) is 20.7 Å². The number of amides is 2. The second kappa shape index (κ2) is 9.18. The van der Waals surface area contributed by atoms with E-state index in [4.69, 9.17) is 4.74 Å². The van der Waals surface area contributed by atoms with Gasteiger partial charge < -0.3 is 15.0 Å². The summed E-state index contributed by atoms with van der Waals surface area (Å²) < 4.78 is 5.52. The van der Waals surface area contributed by atoms with E-state index in [1.807, 2.05) is 38.1 Å². The van der Waals surface area contributed by atoms with Crippen LogP contribution in [-0.4, -0.2) is 43.5 Å². The number of carbonyl (C=O) groups is 2. The summed E-state index contributed by atoms with van der Waals surface area (Å²) in [4.78, 5) is 25.7. The van der Waals surface area contributed by atoms with Crippen LogP contribution >= 0.6 is 0 Å². The van der Waals surface area contributed by atoms with Gasteiger partial charge in [0.2, 0.25) is 5.91 Å². The largest absolute Gasteiger partial charge is 0.484 e. The van der Waals surface area contributed by atoms with Gasteiger partial charge in [-0.2, -0.15) is 0 Å². The summed E-state index contributed by atoms with van der Waals surface area (Å²) in [6.07, 6.45) is 1.52. The zero-order valence-electron chi connectivity index (χ0n) is 14.8. The van der Waals surface area contributed by atoms with Crippen molar-refractivity contribution < 1.29 is 14.3 Å². The zero-order chi connectivity index (χ0) is 17.4. The van der Waals surface area contributed by atoms with Crippen LogP contribution in [0.2, 0.25) is 0 Å². The van der Waals surface area contributed by atoms with E-state index >= 15 is 0 Å². The van der Waals surface area contributed by atoms with Crippen molar-refractivity contribution in [3.05, 3.63) is 29.8 Å². The molecular formula is C18H28N2O3. The van der Waals surface area contributed by atoms with Gasteiger partial charge in [0.25, 0.3) is 5.91 Å². The van der Waals surface area contributed by atoms with Gasteiger partial charge in [-0.25, -0.2) is 0 Å². The maximum absolute atomic E-state index is 12.1. The molecule has 0 radical (unpaired) electrons. The van der Waals surface area contributed by atoms with Crippen LogP contribution in [0.4, 0.5) is 0 Å². The van der Waals surface area contributed by atoms with Gasteiger partial charge in [0, 0.05) is 14.1 Å². The molecule has 0 aromatic heterocycles. The SMILES string of the molecule is CCc1cccc(OCC(=O)N[C@@H](CC(C)C)C(=O)N(C)C)c1. The van der Waals surface area contributed by atoms with Crippen molar-refractivity contribution in [2.45, 2.75) is 39.7 Å². The van der Waals surface area contributed by atoms with Crippen LogP contribution < -0.4 is 10.1 Å². The third-order valence-electron chi connectivity index (χ3n) is 3.46. The highest BCUT2D eigenvalue weighted by Gasteiger charge is 2.23. The van der Waals surface area contributed by atoms with Crippen molar-refractivity contribution in [2.24, 2.45) is 5.92 Å². The first-order valence-corrected chi connectivity index (χ1v) is 8.05. The Kier molecular flexibility index (Phi) is 7.59. The van der Waals surface area contributed by atoms with Crippen molar-refractivity contribution in [3.63, 3.8) is 0 Å². The van der Waals surface area contributed by atoms with Gasteiger partial charge in [-0.1, -0.05) is 32.9 Å². The fraction of sp³-hybridized carbons (Fsp3) is 0.556. The summed E-state index contributed by atoms with van der Waals surface area (Å²) in [5.74, 6) is 0.595. The van der Waals surface area contributed by atoms with Crippen LogP contribution in [0.1, 0.15) is 32.8 Å². The Labute approximate surface area is 139 Å². The molecule has 1 rings (SSSR count). The van der Waals surface area contributed by atoms with Gasteiger partial charge in [-0.05, 0) is 36.5 Å². The van der Waals surface area contributed by atoms with E-state index in [0.717, 1.165) is 12.0 Å². The second-order valence-corrected chi connectivity index (χ2v) is 6.27. The number of likely N-dealkylation sites (N-methyl/N-ethyl adjacent to an activating group) is 1. The highest BCUT2D eigenvalue weighted by atomic mass is 16.5. The molecule has 1 atom stereocenters. The number of aryl methyl sites for hydroxylation is 1. The molecule has 0 spiro atoms. The highest BCUT2D eigenvalue weighted by molar-refractivity contribution is 5.87. The molecule has 0 fully saturated rings. The predicted molar refractivity (Wildman–Crippen MR) is 91.4 cm³/mol. The minimum Gasteiger partial charge on any atom is -0.484 e. The summed E-state index contributed by atoms with van der Waals surface area (Å²) in [5, 5.41) is 2.77. The molecule has 5 nitrogen and oxygen atoms in total. The number of hydrogen-bond donors (Lipinski definition) is 1. The lowest BCUT2D eigenvalue weighted by Gasteiger charge is -2.23. The molecule has 0 aliphatic carbocycles. The fourth-order valence-corrected chi connectivity index (χ4v) is 2.24. The second-order valence-electron chi connectivity index (χ2n) is 6.27. The number of benzene rings is 1. The first-order chi connectivity index (χ1) is 10.8. The molecule has 0 saturated heterocycles. The van der Waals surface area contributed by atoms with Gasteiger partial charge in [0.15, 0.2) is 6.61 Å². The van der Waals surface area contributed by atoms with Crippen molar-refractivity contribution in [1.82, 2.24) is 10.2 Å². The van der Waals surface area contributed by atoms with E-state index in [0.29, 0.717) is 18.1 Å². The van der Waals surface area contributed by atoms with Crippen molar-refractivity contribution >= 4 is 11.8 Å². The zero-order valence-corrected chi connectivity index (χ0v) is 14.8. The lowest BCUT2D eigenvalue weighted by Crippen LogP contribution is -2.48. The Morgan fingerprint density at radius 3 is 2.52 bits per heavy atom. The van der Waals surface area contributed by atoms with Gasteiger partial charge in [-0.3, -0.25) is 9.59 Å². The molecule has 1 aromatic rings. The molecule has 1 aromatic carbocycles. The Balaban J connectivity index is 2.59. The molecule has 128 valence electrons. The van der Waals surface area contributed by atoms with Gasteiger partial charge in [-0.15, -0.1) is 0 Å². The quantitative estimate of drug-likeness (QED) is 0.799. The minimum absolute atomic E-state index is 0.0948. The van der Waals surface area contributed by atoms with E-state index in [2.05, 4.69) is 12.2 Å². The molecule has 0 bridgehead atoms. The normalized spacial score (nSPS) is 11.9. The summed E-state index contributed by atoms with van der Waals surface area (Å²) in [7, 11) is 3.38. The molecule has 5 heteroatoms. The van der Waals surface area contributed by atoms with Gasteiger partial charge >= 0.3 is 0 Å². The topological polar surface area (TPSA) is 58.6 Å². The van der Waals surface area contributed by atoms with E-state index in [9.17, 15) is 9.59 Å². The summed E-state index contributed by atoms with van der Waals surface area (Å²) in [6.45, 7) is 6.02. The Bertz CT molecular complexity index is 527. The van der Waals surface area contributed by atoms with E-state index in [1.165, 1.54) is 4.90 Å². The minimum atomic E-state index is -0.511. The third kappa shape index (κ3) is 6.72. The standard InChI is InChI=1S/C18H28N2O3/c1-6-14-8-7-9-15(11-14)23-12-17(21)19-16(10-13(2)3)18(22)20(4)5/h7-9,11,13,16H,6,10,12H2,1-5H3,(H,19,21)/t16-/m0/s1. The number of hydrogen-bond acceptors (Lipinski definition) is 3. The monoisotopic (exact) mass is 320 g/mol. The van der Waals surface area contributed by atoms with Crippen LogP contribution in [0.5, 0.6) is 5.75 Å². The first kappa shape index (κ1) is 19.0. The summed E-state index contributed by atoms with van der Waals surface area (Å²) in [6, 6.07) is 7.15. The van der Waals surface area contributed by atoms with E-state index in [-0.39, 0.29) is 18.4 Å². The maximum Gasteiger partial charge on any atom is 0.258 e. The molecule has 1 N–H and O–H groups in total. The van der Waals surface area contributed by atoms with Crippen molar-refractivity contribution in [1.29, 1.82) is 0 Å². The van der Waals surface area contributed by atoms with Crippen molar-refractivity contribution in [3.8, 4) is 5.75 Å². The van der Waals surface area contributed by atoms with Gasteiger partial charge in [0.05, 0.1) is 0 Å². The number of nitrogens with zero attached hydrogens (tertiary/aromatic N) is 1. The molecule has 0 saturated carbocycles. The molecule has 0 heterocycles. The van der Waals surface area contributed by atoms with Crippen LogP contribution in [-0.2, 0) is 16.0 Å². The first-order valence-electron chi connectivity index (χ1n) is 8.05. The van der Waals surface area contributed by atoms with Crippen LogP contribution in [0.25, 0.3) is 0 Å². The lowest BCUT2D eigenvalue weighted by molar-refractivity contribution is -0.135. The predicted octanol–water partition coefficient (Wildman–Crippen LogP) is 2.25. The Hall–Kier alpha value is -2.04. The Morgan fingerprint density at radius 2 is 1.96 bits per heavy atom. The number of nitrogens with one attached hydrogen (secondary N) is 1. The van der Waals surface area contributed by atoms with E-state index < -0.39 is 6.04 Å². The van der Waals surface area contributed by atoms with Gasteiger partial charge in [0.1, 0.15) is 11.8 Å². The molecule has 0 aliphatic rings. The number of ether oxygens (including phenoxy) is 1. The van der Waals surface area contributed by atoms with Crippen LogP contribution in [0, 0.1) is 5.92 Å². The average molecular weight is 320 g/mol. The molecule has 0 unspecified atom stereocenters. The van der Waals surface area contributed by atoms with Crippen LogP contribution in [0.3, 0.4) is 0 Å². The number of rotatable bonds is 8. The lowest BCUT2D eigenvalue weighted by atomic mass is 10.0. The Morgan fingerprint density at radius 1 is 1.26 bits per heavy atom.